The van der Waals surface area contributed by atoms with Gasteiger partial charge in [0.15, 0.2) is 9.84 Å². The monoisotopic (exact) mass is 370 g/mol. The van der Waals surface area contributed by atoms with E-state index in [-0.39, 0.29) is 16.7 Å². The van der Waals surface area contributed by atoms with Gasteiger partial charge in [0.2, 0.25) is 0 Å². The minimum atomic E-state index is -3.25. The van der Waals surface area contributed by atoms with Crippen LogP contribution in [0.1, 0.15) is 54.2 Å². The van der Waals surface area contributed by atoms with E-state index in [1.54, 1.807) is 30.3 Å². The van der Waals surface area contributed by atoms with E-state index >= 15 is 0 Å². The van der Waals surface area contributed by atoms with Gasteiger partial charge in [-0.1, -0.05) is 44.2 Å². The summed E-state index contributed by atoms with van der Waals surface area (Å²) in [4.78, 5) is 11.4. The molecule has 0 unspecified atom stereocenters. The Bertz CT molecular complexity index is 997. The van der Waals surface area contributed by atoms with E-state index in [0.29, 0.717) is 11.3 Å². The average molecular weight is 370 g/mol. The molecule has 0 amide bonds. The van der Waals surface area contributed by atoms with Gasteiger partial charge in [-0.3, -0.25) is 0 Å². The largest absolute Gasteiger partial charge is 0.478 e. The highest BCUT2D eigenvalue weighted by molar-refractivity contribution is 7.91. The van der Waals surface area contributed by atoms with Gasteiger partial charge in [-0.2, -0.15) is 0 Å². The first-order valence-corrected chi connectivity index (χ1v) is 10.1. The van der Waals surface area contributed by atoms with Crippen LogP contribution in [-0.2, 0) is 15.3 Å². The van der Waals surface area contributed by atoms with Crippen LogP contribution >= 0.6 is 0 Å². The molecule has 0 saturated carbocycles. The van der Waals surface area contributed by atoms with Crippen LogP contribution in [0.4, 0.5) is 0 Å². The maximum atomic E-state index is 12.5. The topological polar surface area (TPSA) is 71.4 Å². The molecule has 0 aliphatic carbocycles. The maximum absolute atomic E-state index is 12.5. The predicted octanol–water partition coefficient (Wildman–Crippen LogP) is 4.40. The molecule has 1 aliphatic rings. The van der Waals surface area contributed by atoms with Gasteiger partial charge in [0.05, 0.1) is 16.2 Å². The minimum Gasteiger partial charge on any atom is -0.478 e. The fraction of sp³-hybridized carbons (Fsp3) is 0.286. The molecule has 0 aromatic heterocycles. The summed E-state index contributed by atoms with van der Waals surface area (Å²) >= 11 is 0. The predicted molar refractivity (Wildman–Crippen MR) is 103 cm³/mol. The summed E-state index contributed by atoms with van der Waals surface area (Å²) in [6, 6.07) is 12.2. The Morgan fingerprint density at radius 1 is 1.08 bits per heavy atom. The fourth-order valence-corrected chi connectivity index (χ4v) is 5.26. The molecule has 0 spiro atoms. The number of allylic oxidation sites excluding steroid dienone is 1. The molecule has 2 aromatic carbocycles. The van der Waals surface area contributed by atoms with Crippen molar-refractivity contribution in [3.8, 4) is 0 Å². The highest BCUT2D eigenvalue weighted by Gasteiger charge is 2.35. The number of carboxylic acids is 1. The van der Waals surface area contributed by atoms with Crippen LogP contribution in [0.15, 0.2) is 47.4 Å². The molecule has 136 valence electrons. The van der Waals surface area contributed by atoms with Gasteiger partial charge in [0.1, 0.15) is 0 Å². The number of sulfone groups is 1. The van der Waals surface area contributed by atoms with Crippen LogP contribution in [0.2, 0.25) is 0 Å². The number of carboxylic acid groups (broad SMARTS) is 1. The summed E-state index contributed by atoms with van der Waals surface area (Å²) in [6.45, 7) is 6.08. The second kappa shape index (κ2) is 6.40. The van der Waals surface area contributed by atoms with Gasteiger partial charge in [0, 0.05) is 0 Å². The third kappa shape index (κ3) is 3.44. The average Bonchev–Trinajstić information content (AvgIpc) is 2.59. The van der Waals surface area contributed by atoms with Gasteiger partial charge in [-0.25, -0.2) is 13.2 Å². The van der Waals surface area contributed by atoms with Crippen LogP contribution in [-0.4, -0.2) is 25.2 Å². The number of hydrogen-bond acceptors (Lipinski definition) is 3. The molecule has 0 fully saturated rings. The number of aromatic carboxylic acids is 1. The van der Waals surface area contributed by atoms with Gasteiger partial charge in [-0.15, -0.1) is 0 Å². The van der Waals surface area contributed by atoms with Gasteiger partial charge in [0.25, 0.3) is 0 Å². The molecule has 1 heterocycles. The molecular formula is C21H22O4S. The molecule has 0 radical (unpaired) electrons. The van der Waals surface area contributed by atoms with Crippen LogP contribution in [0.5, 0.6) is 0 Å². The number of fused-ring (bicyclic) bond motifs is 1. The Balaban J connectivity index is 2.01. The van der Waals surface area contributed by atoms with Gasteiger partial charge >= 0.3 is 5.97 Å². The Hall–Kier alpha value is -2.40. The van der Waals surface area contributed by atoms with E-state index in [2.05, 4.69) is 13.8 Å². The van der Waals surface area contributed by atoms with Crippen molar-refractivity contribution in [2.75, 3.05) is 5.75 Å². The summed E-state index contributed by atoms with van der Waals surface area (Å²) in [6.07, 6.45) is 2.56. The standard InChI is InChI=1S/C21H22O4S/c1-14(12-15-4-6-16(7-5-15)20(22)23)17-8-9-18-19(13-17)26(24,25)11-10-21(18,2)3/h4-9,12-13H,10-11H2,1-3H3,(H,22,23). The van der Waals surface area contributed by atoms with Crippen molar-refractivity contribution in [2.24, 2.45) is 0 Å². The smallest absolute Gasteiger partial charge is 0.335 e. The molecule has 26 heavy (non-hydrogen) atoms. The third-order valence-corrected chi connectivity index (χ3v) is 6.79. The van der Waals surface area contributed by atoms with Crippen molar-refractivity contribution in [1.29, 1.82) is 0 Å². The van der Waals surface area contributed by atoms with E-state index in [1.807, 2.05) is 25.1 Å². The second-order valence-electron chi connectivity index (χ2n) is 7.42. The molecule has 4 nitrogen and oxygen atoms in total. The lowest BCUT2D eigenvalue weighted by molar-refractivity contribution is 0.0697. The summed E-state index contributed by atoms with van der Waals surface area (Å²) < 4.78 is 25.0. The molecule has 1 aliphatic heterocycles. The Morgan fingerprint density at radius 2 is 1.69 bits per heavy atom. The van der Waals surface area contributed by atoms with E-state index in [9.17, 15) is 13.2 Å². The molecule has 3 rings (SSSR count). The molecule has 2 aromatic rings. The zero-order chi connectivity index (χ0) is 19.1. The SMILES string of the molecule is CC(=Cc1ccc(C(=O)O)cc1)c1ccc2c(c1)S(=O)(=O)CCC2(C)C. The quantitative estimate of drug-likeness (QED) is 0.813. The van der Waals surface area contributed by atoms with Crippen molar-refractivity contribution < 1.29 is 18.3 Å². The molecule has 0 bridgehead atoms. The first kappa shape index (κ1) is 18.4. The van der Waals surface area contributed by atoms with Crippen molar-refractivity contribution >= 4 is 27.5 Å². The van der Waals surface area contributed by atoms with Crippen LogP contribution in [0, 0.1) is 0 Å². The molecule has 1 N–H and O–H groups in total. The summed E-state index contributed by atoms with van der Waals surface area (Å²) in [5, 5.41) is 8.97. The Kier molecular flexibility index (Phi) is 4.53. The highest BCUT2D eigenvalue weighted by atomic mass is 32.2. The van der Waals surface area contributed by atoms with Crippen molar-refractivity contribution in [3.05, 3.63) is 64.7 Å². The zero-order valence-corrected chi connectivity index (χ0v) is 15.9. The van der Waals surface area contributed by atoms with Gasteiger partial charge < -0.3 is 5.11 Å². The lowest BCUT2D eigenvalue weighted by Gasteiger charge is -2.32. The Morgan fingerprint density at radius 3 is 2.31 bits per heavy atom. The fourth-order valence-electron chi connectivity index (χ4n) is 3.27. The van der Waals surface area contributed by atoms with Crippen molar-refractivity contribution in [1.82, 2.24) is 0 Å². The number of hydrogen-bond donors (Lipinski definition) is 1. The van der Waals surface area contributed by atoms with Crippen molar-refractivity contribution in [2.45, 2.75) is 37.5 Å². The molecular weight excluding hydrogens is 348 g/mol. The molecule has 0 atom stereocenters. The van der Waals surface area contributed by atoms with E-state index in [1.165, 1.54) is 0 Å². The highest BCUT2D eigenvalue weighted by Crippen LogP contribution is 2.39. The van der Waals surface area contributed by atoms with E-state index in [0.717, 1.165) is 22.3 Å². The number of benzene rings is 2. The maximum Gasteiger partial charge on any atom is 0.335 e. The normalized spacial score (nSPS) is 18.2. The van der Waals surface area contributed by atoms with E-state index in [4.69, 9.17) is 5.11 Å². The zero-order valence-electron chi connectivity index (χ0n) is 15.1. The Labute approximate surface area is 154 Å². The first-order chi connectivity index (χ1) is 12.1. The number of rotatable bonds is 3. The van der Waals surface area contributed by atoms with Gasteiger partial charge in [-0.05, 0) is 59.2 Å². The van der Waals surface area contributed by atoms with Crippen LogP contribution in [0.3, 0.4) is 0 Å². The summed E-state index contributed by atoms with van der Waals surface area (Å²) in [7, 11) is -3.25. The lowest BCUT2D eigenvalue weighted by Crippen LogP contribution is -2.30. The summed E-state index contributed by atoms with van der Waals surface area (Å²) in [5.41, 5.74) is 3.62. The summed E-state index contributed by atoms with van der Waals surface area (Å²) in [5.74, 6) is -0.782. The van der Waals surface area contributed by atoms with Crippen LogP contribution in [0.25, 0.3) is 11.6 Å². The molecule has 5 heteroatoms. The van der Waals surface area contributed by atoms with Crippen LogP contribution < -0.4 is 0 Å². The van der Waals surface area contributed by atoms with E-state index < -0.39 is 15.8 Å². The lowest BCUT2D eigenvalue weighted by atomic mass is 9.81. The molecule has 0 saturated heterocycles. The number of carbonyl (C=O) groups is 1. The first-order valence-electron chi connectivity index (χ1n) is 8.49. The third-order valence-electron chi connectivity index (χ3n) is 5.04. The van der Waals surface area contributed by atoms with Crippen molar-refractivity contribution in [3.63, 3.8) is 0 Å². The minimum absolute atomic E-state index is 0.149. The second-order valence-corrected chi connectivity index (χ2v) is 9.50.